The molecule has 1 saturated carbocycles. The van der Waals surface area contributed by atoms with Crippen molar-refractivity contribution in [2.45, 2.75) is 18.8 Å². The minimum absolute atomic E-state index is 0.0698. The van der Waals surface area contributed by atoms with Crippen LogP contribution >= 0.6 is 0 Å². The van der Waals surface area contributed by atoms with E-state index < -0.39 is 15.7 Å². The maximum atomic E-state index is 11.5. The van der Waals surface area contributed by atoms with E-state index in [0.29, 0.717) is 5.92 Å². The Balaban J connectivity index is 1.86. The molecule has 1 amide bonds. The molecule has 1 heterocycles. The maximum absolute atomic E-state index is 11.5. The van der Waals surface area contributed by atoms with Gasteiger partial charge in [0.1, 0.15) is 15.7 Å². The molecule has 0 unspecified atom stereocenters. The normalized spacial score (nSPS) is 15.8. The highest BCUT2D eigenvalue weighted by Crippen LogP contribution is 2.37. The Bertz CT molecular complexity index is 518. The standard InChI is InChI=1S/C9H14N4O3S/c1-17(15,16)5-4-10-9(14)8-11-7(12-13-8)6-2-3-6/h6H,2-5H2,1H3,(H,10,14)(H,11,12,13). The largest absolute Gasteiger partial charge is 0.348 e. The van der Waals surface area contributed by atoms with Crippen LogP contribution in [0.4, 0.5) is 0 Å². The van der Waals surface area contributed by atoms with E-state index in [2.05, 4.69) is 20.5 Å². The number of nitrogens with zero attached hydrogens (tertiary/aromatic N) is 2. The second-order valence-electron chi connectivity index (χ2n) is 4.20. The van der Waals surface area contributed by atoms with Gasteiger partial charge in [-0.15, -0.1) is 5.10 Å². The first-order valence-electron chi connectivity index (χ1n) is 5.34. The Morgan fingerprint density at radius 2 is 2.24 bits per heavy atom. The van der Waals surface area contributed by atoms with Gasteiger partial charge < -0.3 is 5.32 Å². The second kappa shape index (κ2) is 4.44. The molecule has 0 bridgehead atoms. The molecule has 1 aromatic heterocycles. The van der Waals surface area contributed by atoms with Crippen molar-refractivity contribution in [3.05, 3.63) is 11.6 Å². The van der Waals surface area contributed by atoms with Gasteiger partial charge >= 0.3 is 0 Å². The topological polar surface area (TPSA) is 105 Å². The Kier molecular flexibility index (Phi) is 3.14. The molecule has 0 aromatic carbocycles. The summed E-state index contributed by atoms with van der Waals surface area (Å²) in [5, 5.41) is 8.97. The lowest BCUT2D eigenvalue weighted by Crippen LogP contribution is -2.29. The number of carbonyl (C=O) groups is 1. The minimum Gasteiger partial charge on any atom is -0.348 e. The molecule has 8 heteroatoms. The molecule has 94 valence electrons. The maximum Gasteiger partial charge on any atom is 0.290 e. The molecule has 7 nitrogen and oxygen atoms in total. The van der Waals surface area contributed by atoms with Crippen LogP contribution in [0.25, 0.3) is 0 Å². The molecular weight excluding hydrogens is 244 g/mol. The zero-order valence-corrected chi connectivity index (χ0v) is 10.2. The van der Waals surface area contributed by atoms with Crippen molar-refractivity contribution in [3.63, 3.8) is 0 Å². The molecule has 1 fully saturated rings. The highest BCUT2D eigenvalue weighted by molar-refractivity contribution is 7.90. The lowest BCUT2D eigenvalue weighted by Gasteiger charge is -2.00. The van der Waals surface area contributed by atoms with E-state index in [-0.39, 0.29) is 18.1 Å². The van der Waals surface area contributed by atoms with Gasteiger partial charge in [0.2, 0.25) is 5.82 Å². The van der Waals surface area contributed by atoms with Crippen molar-refractivity contribution in [1.82, 2.24) is 20.5 Å². The first-order chi connectivity index (χ1) is 7.96. The van der Waals surface area contributed by atoms with Crippen molar-refractivity contribution >= 4 is 15.7 Å². The van der Waals surface area contributed by atoms with Crippen molar-refractivity contribution in [1.29, 1.82) is 0 Å². The lowest BCUT2D eigenvalue weighted by atomic mass is 10.4. The van der Waals surface area contributed by atoms with Crippen molar-refractivity contribution in [3.8, 4) is 0 Å². The second-order valence-corrected chi connectivity index (χ2v) is 6.46. The summed E-state index contributed by atoms with van der Waals surface area (Å²) >= 11 is 0. The fourth-order valence-electron chi connectivity index (χ4n) is 1.34. The number of rotatable bonds is 5. The van der Waals surface area contributed by atoms with Crippen LogP contribution in [0.2, 0.25) is 0 Å². The monoisotopic (exact) mass is 258 g/mol. The number of carbonyl (C=O) groups excluding carboxylic acids is 1. The molecule has 1 aliphatic carbocycles. The molecule has 2 rings (SSSR count). The predicted molar refractivity (Wildman–Crippen MR) is 60.4 cm³/mol. The Labute approximate surface area is 98.9 Å². The van der Waals surface area contributed by atoms with E-state index in [1.165, 1.54) is 0 Å². The Morgan fingerprint density at radius 1 is 1.53 bits per heavy atom. The zero-order valence-electron chi connectivity index (χ0n) is 9.43. The molecular formula is C9H14N4O3S. The van der Waals surface area contributed by atoms with E-state index in [9.17, 15) is 13.2 Å². The predicted octanol–water partition coefficient (Wildman–Crippen LogP) is -0.544. The third-order valence-electron chi connectivity index (χ3n) is 2.43. The van der Waals surface area contributed by atoms with Gasteiger partial charge in [0.15, 0.2) is 0 Å². The molecule has 0 saturated heterocycles. The van der Waals surface area contributed by atoms with E-state index in [1.807, 2.05) is 0 Å². The number of hydrogen-bond donors (Lipinski definition) is 2. The molecule has 1 aliphatic rings. The Hall–Kier alpha value is -1.44. The summed E-state index contributed by atoms with van der Waals surface area (Å²) in [6.45, 7) is 0.0744. The molecule has 2 N–H and O–H groups in total. The summed E-state index contributed by atoms with van der Waals surface area (Å²) in [5.74, 6) is 0.675. The van der Waals surface area contributed by atoms with E-state index in [4.69, 9.17) is 0 Å². The summed E-state index contributed by atoms with van der Waals surface area (Å²) in [5.41, 5.74) is 0. The number of hydrogen-bond acceptors (Lipinski definition) is 5. The van der Waals surface area contributed by atoms with Crippen LogP contribution in [-0.4, -0.2) is 48.1 Å². The number of sulfone groups is 1. The summed E-state index contributed by atoms with van der Waals surface area (Å²) < 4.78 is 21.7. The molecule has 17 heavy (non-hydrogen) atoms. The summed E-state index contributed by atoms with van der Waals surface area (Å²) in [4.78, 5) is 15.6. The van der Waals surface area contributed by atoms with Crippen LogP contribution in [0.15, 0.2) is 0 Å². The van der Waals surface area contributed by atoms with Gasteiger partial charge in [-0.3, -0.25) is 9.89 Å². The molecule has 0 atom stereocenters. The smallest absolute Gasteiger partial charge is 0.290 e. The quantitative estimate of drug-likeness (QED) is 0.737. The average molecular weight is 258 g/mol. The zero-order chi connectivity index (χ0) is 12.5. The van der Waals surface area contributed by atoms with Gasteiger partial charge in [-0.2, -0.15) is 0 Å². The minimum atomic E-state index is -3.06. The number of amides is 1. The summed E-state index contributed by atoms with van der Waals surface area (Å²) in [7, 11) is -3.06. The molecule has 0 radical (unpaired) electrons. The Morgan fingerprint density at radius 3 is 2.82 bits per heavy atom. The number of aromatic amines is 1. The van der Waals surface area contributed by atoms with Crippen molar-refractivity contribution in [2.75, 3.05) is 18.6 Å². The van der Waals surface area contributed by atoms with Gasteiger partial charge in [-0.05, 0) is 12.8 Å². The van der Waals surface area contributed by atoms with Crippen LogP contribution in [0.5, 0.6) is 0 Å². The van der Waals surface area contributed by atoms with Crippen LogP contribution in [-0.2, 0) is 9.84 Å². The highest BCUT2D eigenvalue weighted by Gasteiger charge is 2.28. The number of nitrogens with one attached hydrogen (secondary N) is 2. The third-order valence-corrected chi connectivity index (χ3v) is 3.37. The fraction of sp³-hybridized carbons (Fsp3) is 0.667. The van der Waals surface area contributed by atoms with E-state index >= 15 is 0 Å². The van der Waals surface area contributed by atoms with E-state index in [0.717, 1.165) is 24.9 Å². The molecule has 0 aliphatic heterocycles. The van der Waals surface area contributed by atoms with Crippen molar-refractivity contribution in [2.24, 2.45) is 0 Å². The van der Waals surface area contributed by atoms with Gasteiger partial charge in [0, 0.05) is 18.7 Å². The average Bonchev–Trinajstić information content (AvgIpc) is 2.94. The lowest BCUT2D eigenvalue weighted by molar-refractivity contribution is 0.0946. The van der Waals surface area contributed by atoms with Crippen LogP contribution in [0.1, 0.15) is 35.2 Å². The van der Waals surface area contributed by atoms with Crippen LogP contribution < -0.4 is 5.32 Å². The van der Waals surface area contributed by atoms with Crippen LogP contribution in [0, 0.1) is 0 Å². The SMILES string of the molecule is CS(=O)(=O)CCNC(=O)c1n[nH]c(C2CC2)n1. The van der Waals surface area contributed by atoms with E-state index in [1.54, 1.807) is 0 Å². The van der Waals surface area contributed by atoms with Gasteiger partial charge in [-0.1, -0.05) is 0 Å². The van der Waals surface area contributed by atoms with Gasteiger partial charge in [0.05, 0.1) is 5.75 Å². The summed E-state index contributed by atoms with van der Waals surface area (Å²) in [6, 6.07) is 0. The van der Waals surface area contributed by atoms with Gasteiger partial charge in [0.25, 0.3) is 5.91 Å². The van der Waals surface area contributed by atoms with Crippen LogP contribution in [0.3, 0.4) is 0 Å². The molecule has 0 spiro atoms. The first kappa shape index (κ1) is 12.0. The number of H-pyrrole nitrogens is 1. The fourth-order valence-corrected chi connectivity index (χ4v) is 1.82. The van der Waals surface area contributed by atoms with Crippen molar-refractivity contribution < 1.29 is 13.2 Å². The number of aromatic nitrogens is 3. The van der Waals surface area contributed by atoms with Gasteiger partial charge in [-0.25, -0.2) is 13.4 Å². The first-order valence-corrected chi connectivity index (χ1v) is 7.40. The highest BCUT2D eigenvalue weighted by atomic mass is 32.2. The third kappa shape index (κ3) is 3.52. The summed E-state index contributed by atoms with van der Waals surface area (Å²) in [6.07, 6.45) is 3.27. The molecule has 1 aromatic rings.